The number of hydrogen-bond acceptors (Lipinski definition) is 3. The molecule has 0 aromatic heterocycles. The predicted octanol–water partition coefficient (Wildman–Crippen LogP) is 2.19. The maximum atomic E-state index is 12.6. The van der Waals surface area contributed by atoms with Gasteiger partial charge in [-0.05, 0) is 36.6 Å². The smallest absolute Gasteiger partial charge is 0.335 e. The van der Waals surface area contributed by atoms with Crippen LogP contribution in [0.4, 0.5) is 0 Å². The number of ether oxygens (including phenoxy) is 1. The minimum Gasteiger partial charge on any atom is -0.478 e. The van der Waals surface area contributed by atoms with Crippen molar-refractivity contribution in [3.63, 3.8) is 0 Å². The average Bonchev–Trinajstić information content (AvgIpc) is 2.45. The third kappa shape index (κ3) is 3.61. The zero-order valence-corrected chi connectivity index (χ0v) is 12.6. The second-order valence-electron chi connectivity index (χ2n) is 5.80. The lowest BCUT2D eigenvalue weighted by atomic mass is 10.0. The van der Waals surface area contributed by atoms with Crippen LogP contribution in [0.15, 0.2) is 18.2 Å². The maximum Gasteiger partial charge on any atom is 0.335 e. The molecule has 1 aliphatic heterocycles. The number of hydrogen-bond donors (Lipinski definition) is 1. The number of amides is 1. The first-order valence-electron chi connectivity index (χ1n) is 7.14. The number of carbonyl (C=O) groups is 2. The standard InChI is InChI=1S/C16H21NO4/c1-10(2)14-9-17(4-5-21-14)15(18)12-6-11(3)7-13(8-12)16(19)20/h6-8,10,14H,4-5,9H2,1-3H3,(H,19,20). The van der Waals surface area contributed by atoms with E-state index in [9.17, 15) is 9.59 Å². The van der Waals surface area contributed by atoms with Crippen LogP contribution in [0.1, 0.15) is 40.1 Å². The molecule has 0 aliphatic carbocycles. The molecule has 1 saturated heterocycles. The van der Waals surface area contributed by atoms with Crippen molar-refractivity contribution in [2.24, 2.45) is 5.92 Å². The molecule has 1 amide bonds. The van der Waals surface area contributed by atoms with Crippen LogP contribution in [0.5, 0.6) is 0 Å². The fourth-order valence-electron chi connectivity index (χ4n) is 2.48. The molecule has 0 spiro atoms. The number of aryl methyl sites for hydroxylation is 1. The van der Waals surface area contributed by atoms with Crippen molar-refractivity contribution in [3.05, 3.63) is 34.9 Å². The van der Waals surface area contributed by atoms with Crippen LogP contribution >= 0.6 is 0 Å². The molecule has 1 atom stereocenters. The lowest BCUT2D eigenvalue weighted by Gasteiger charge is -2.35. The third-order valence-electron chi connectivity index (χ3n) is 3.70. The first-order valence-corrected chi connectivity index (χ1v) is 7.14. The van der Waals surface area contributed by atoms with Crippen LogP contribution < -0.4 is 0 Å². The SMILES string of the molecule is Cc1cc(C(=O)O)cc(C(=O)N2CCOC(C(C)C)C2)c1. The largest absolute Gasteiger partial charge is 0.478 e. The van der Waals surface area contributed by atoms with Gasteiger partial charge in [0.2, 0.25) is 0 Å². The van der Waals surface area contributed by atoms with Gasteiger partial charge in [0, 0.05) is 18.7 Å². The highest BCUT2D eigenvalue weighted by molar-refractivity contribution is 5.97. The van der Waals surface area contributed by atoms with E-state index in [4.69, 9.17) is 9.84 Å². The minimum absolute atomic E-state index is 0.0338. The summed E-state index contributed by atoms with van der Waals surface area (Å²) in [5.74, 6) is -0.808. The third-order valence-corrected chi connectivity index (χ3v) is 3.70. The Hall–Kier alpha value is -1.88. The number of carboxylic acid groups (broad SMARTS) is 1. The van der Waals surface area contributed by atoms with E-state index in [-0.39, 0.29) is 17.6 Å². The van der Waals surface area contributed by atoms with Crippen molar-refractivity contribution < 1.29 is 19.4 Å². The molecule has 114 valence electrons. The Balaban J connectivity index is 2.21. The zero-order valence-electron chi connectivity index (χ0n) is 12.6. The molecule has 1 N–H and O–H groups in total. The topological polar surface area (TPSA) is 66.8 Å². The normalized spacial score (nSPS) is 18.9. The monoisotopic (exact) mass is 291 g/mol. The van der Waals surface area contributed by atoms with Crippen molar-refractivity contribution >= 4 is 11.9 Å². The molecule has 1 fully saturated rings. The van der Waals surface area contributed by atoms with Crippen LogP contribution in [0.25, 0.3) is 0 Å². The average molecular weight is 291 g/mol. The molecule has 2 rings (SSSR count). The lowest BCUT2D eigenvalue weighted by molar-refractivity contribution is -0.0420. The summed E-state index contributed by atoms with van der Waals surface area (Å²) in [5, 5.41) is 9.10. The van der Waals surface area contributed by atoms with Crippen LogP contribution in [-0.4, -0.2) is 47.7 Å². The second kappa shape index (κ2) is 6.26. The van der Waals surface area contributed by atoms with Crippen molar-refractivity contribution in [2.45, 2.75) is 26.9 Å². The molecular weight excluding hydrogens is 270 g/mol. The van der Waals surface area contributed by atoms with E-state index in [1.165, 1.54) is 6.07 Å². The first kappa shape index (κ1) is 15.5. The summed E-state index contributed by atoms with van der Waals surface area (Å²) in [7, 11) is 0. The van der Waals surface area contributed by atoms with Crippen molar-refractivity contribution in [2.75, 3.05) is 19.7 Å². The number of nitrogens with zero attached hydrogens (tertiary/aromatic N) is 1. The van der Waals surface area contributed by atoms with Crippen LogP contribution in [-0.2, 0) is 4.74 Å². The molecule has 21 heavy (non-hydrogen) atoms. The fourth-order valence-corrected chi connectivity index (χ4v) is 2.48. The molecule has 5 heteroatoms. The molecule has 5 nitrogen and oxygen atoms in total. The Kier molecular flexibility index (Phi) is 4.63. The van der Waals surface area contributed by atoms with E-state index in [1.54, 1.807) is 24.0 Å². The van der Waals surface area contributed by atoms with Gasteiger partial charge >= 0.3 is 5.97 Å². The summed E-state index contributed by atoms with van der Waals surface area (Å²) < 4.78 is 5.65. The highest BCUT2D eigenvalue weighted by atomic mass is 16.5. The van der Waals surface area contributed by atoms with E-state index in [0.717, 1.165) is 5.56 Å². The van der Waals surface area contributed by atoms with Gasteiger partial charge in [0.05, 0.1) is 18.3 Å². The summed E-state index contributed by atoms with van der Waals surface area (Å²) in [6.07, 6.45) is 0.0338. The van der Waals surface area contributed by atoms with E-state index in [1.807, 2.05) is 0 Å². The Bertz CT molecular complexity index is 553. The number of carboxylic acids is 1. The number of rotatable bonds is 3. The number of aromatic carboxylic acids is 1. The number of benzene rings is 1. The molecule has 1 aromatic rings. The van der Waals surface area contributed by atoms with Gasteiger partial charge in [0.1, 0.15) is 0 Å². The van der Waals surface area contributed by atoms with Gasteiger partial charge in [-0.15, -0.1) is 0 Å². The van der Waals surface area contributed by atoms with Crippen LogP contribution in [0, 0.1) is 12.8 Å². The van der Waals surface area contributed by atoms with Gasteiger partial charge in [-0.25, -0.2) is 4.79 Å². The zero-order chi connectivity index (χ0) is 15.6. The molecule has 1 aromatic carbocycles. The number of morpholine rings is 1. The van der Waals surface area contributed by atoms with E-state index in [0.29, 0.717) is 31.2 Å². The molecule has 1 heterocycles. The highest BCUT2D eigenvalue weighted by Crippen LogP contribution is 2.17. The quantitative estimate of drug-likeness (QED) is 0.927. The minimum atomic E-state index is -1.02. The van der Waals surface area contributed by atoms with Crippen molar-refractivity contribution in [3.8, 4) is 0 Å². The van der Waals surface area contributed by atoms with Gasteiger partial charge in [-0.1, -0.05) is 13.8 Å². The summed E-state index contributed by atoms with van der Waals surface area (Å²) in [5.41, 5.74) is 1.34. The van der Waals surface area contributed by atoms with E-state index < -0.39 is 5.97 Å². The Labute approximate surface area is 124 Å². The van der Waals surface area contributed by atoms with Gasteiger partial charge in [0.25, 0.3) is 5.91 Å². The lowest BCUT2D eigenvalue weighted by Crippen LogP contribution is -2.47. The van der Waals surface area contributed by atoms with E-state index in [2.05, 4.69) is 13.8 Å². The predicted molar refractivity (Wildman–Crippen MR) is 78.6 cm³/mol. The molecule has 1 aliphatic rings. The molecule has 0 saturated carbocycles. The van der Waals surface area contributed by atoms with Crippen LogP contribution in [0.3, 0.4) is 0 Å². The van der Waals surface area contributed by atoms with Crippen molar-refractivity contribution in [1.82, 2.24) is 4.90 Å². The molecule has 1 unspecified atom stereocenters. The summed E-state index contributed by atoms with van der Waals surface area (Å²) in [6, 6.07) is 4.74. The number of carbonyl (C=O) groups excluding carboxylic acids is 1. The summed E-state index contributed by atoms with van der Waals surface area (Å²) >= 11 is 0. The fraction of sp³-hybridized carbons (Fsp3) is 0.500. The van der Waals surface area contributed by atoms with Crippen LogP contribution in [0.2, 0.25) is 0 Å². The second-order valence-corrected chi connectivity index (χ2v) is 5.80. The van der Waals surface area contributed by atoms with Gasteiger partial charge < -0.3 is 14.7 Å². The highest BCUT2D eigenvalue weighted by Gasteiger charge is 2.27. The Morgan fingerprint density at radius 2 is 1.95 bits per heavy atom. The molecule has 0 bridgehead atoms. The maximum absolute atomic E-state index is 12.6. The van der Waals surface area contributed by atoms with Gasteiger partial charge in [-0.3, -0.25) is 4.79 Å². The summed E-state index contributed by atoms with van der Waals surface area (Å²) in [4.78, 5) is 25.4. The summed E-state index contributed by atoms with van der Waals surface area (Å²) in [6.45, 7) is 7.53. The van der Waals surface area contributed by atoms with Crippen molar-refractivity contribution in [1.29, 1.82) is 0 Å². The Morgan fingerprint density at radius 3 is 2.57 bits per heavy atom. The van der Waals surface area contributed by atoms with E-state index >= 15 is 0 Å². The Morgan fingerprint density at radius 1 is 1.29 bits per heavy atom. The van der Waals surface area contributed by atoms with Gasteiger partial charge in [0.15, 0.2) is 0 Å². The first-order chi connectivity index (χ1) is 9.88. The van der Waals surface area contributed by atoms with Gasteiger partial charge in [-0.2, -0.15) is 0 Å². The molecule has 0 radical (unpaired) electrons. The molecular formula is C16H21NO4.